The number of nitrogens with one attached hydrogen (secondary N) is 2. The zero-order valence-electron chi connectivity index (χ0n) is 15.4. The highest BCUT2D eigenvalue weighted by Gasteiger charge is 2.16. The van der Waals surface area contributed by atoms with Crippen molar-refractivity contribution >= 4 is 38.8 Å². The van der Waals surface area contributed by atoms with Gasteiger partial charge in [-0.2, -0.15) is 5.11 Å². The first-order valence-corrected chi connectivity index (χ1v) is 9.80. The SMILES string of the molecule is CC(=O)Nc1ccc(O)c(N=Nc2ccc(S(=O)(=O)Nc3cc(C)on3)cc2)c1. The second-order valence-electron chi connectivity index (χ2n) is 6.01. The molecule has 11 heteroatoms. The van der Waals surface area contributed by atoms with E-state index in [0.29, 0.717) is 17.1 Å². The van der Waals surface area contributed by atoms with E-state index in [9.17, 15) is 18.3 Å². The topological polar surface area (TPSA) is 146 Å². The summed E-state index contributed by atoms with van der Waals surface area (Å²) in [4.78, 5) is 11.1. The monoisotopic (exact) mass is 415 g/mol. The van der Waals surface area contributed by atoms with Gasteiger partial charge in [0.1, 0.15) is 17.2 Å². The third kappa shape index (κ3) is 5.17. The van der Waals surface area contributed by atoms with E-state index in [1.54, 1.807) is 6.92 Å². The molecular weight excluding hydrogens is 398 g/mol. The molecule has 0 unspecified atom stereocenters. The number of aromatic nitrogens is 1. The van der Waals surface area contributed by atoms with Crippen LogP contribution in [-0.2, 0) is 14.8 Å². The Labute approximate surface area is 166 Å². The molecule has 0 atom stereocenters. The van der Waals surface area contributed by atoms with Gasteiger partial charge >= 0.3 is 0 Å². The minimum Gasteiger partial charge on any atom is -0.506 e. The van der Waals surface area contributed by atoms with Gasteiger partial charge in [0, 0.05) is 18.7 Å². The molecule has 3 aromatic rings. The lowest BCUT2D eigenvalue weighted by Gasteiger charge is -2.05. The van der Waals surface area contributed by atoms with Gasteiger partial charge in [-0.3, -0.25) is 9.52 Å². The molecule has 0 radical (unpaired) electrons. The Morgan fingerprint density at radius 2 is 1.83 bits per heavy atom. The Hall–Kier alpha value is -3.73. The van der Waals surface area contributed by atoms with Crippen molar-refractivity contribution in [1.29, 1.82) is 0 Å². The summed E-state index contributed by atoms with van der Waals surface area (Å²) >= 11 is 0. The van der Waals surface area contributed by atoms with Gasteiger partial charge in [0.2, 0.25) is 5.91 Å². The van der Waals surface area contributed by atoms with Crippen LogP contribution in [0.5, 0.6) is 5.75 Å². The van der Waals surface area contributed by atoms with Crippen LogP contribution < -0.4 is 10.0 Å². The highest BCUT2D eigenvalue weighted by Crippen LogP contribution is 2.31. The van der Waals surface area contributed by atoms with Gasteiger partial charge in [-0.1, -0.05) is 5.16 Å². The quantitative estimate of drug-likeness (QED) is 0.411. The summed E-state index contributed by atoms with van der Waals surface area (Å²) in [6.07, 6.45) is 0. The average molecular weight is 415 g/mol. The number of amides is 1. The number of hydrogen-bond donors (Lipinski definition) is 3. The highest BCUT2D eigenvalue weighted by atomic mass is 32.2. The van der Waals surface area contributed by atoms with Crippen LogP contribution in [0.15, 0.2) is 68.2 Å². The van der Waals surface area contributed by atoms with Crippen LogP contribution in [0.25, 0.3) is 0 Å². The van der Waals surface area contributed by atoms with Gasteiger partial charge < -0.3 is 14.9 Å². The van der Waals surface area contributed by atoms with Crippen LogP contribution in [0, 0.1) is 6.92 Å². The van der Waals surface area contributed by atoms with Crippen LogP contribution in [0.4, 0.5) is 22.9 Å². The Morgan fingerprint density at radius 3 is 2.45 bits per heavy atom. The van der Waals surface area contributed by atoms with Gasteiger partial charge in [0.25, 0.3) is 10.0 Å². The minimum absolute atomic E-state index is 0.00704. The molecule has 150 valence electrons. The molecule has 29 heavy (non-hydrogen) atoms. The largest absolute Gasteiger partial charge is 0.506 e. The van der Waals surface area contributed by atoms with Crippen molar-refractivity contribution in [3.05, 3.63) is 54.3 Å². The number of aryl methyl sites for hydroxylation is 1. The first-order chi connectivity index (χ1) is 13.7. The molecule has 3 N–H and O–H groups in total. The molecule has 0 spiro atoms. The van der Waals surface area contributed by atoms with E-state index in [0.717, 1.165) is 0 Å². The number of sulfonamides is 1. The zero-order valence-corrected chi connectivity index (χ0v) is 16.3. The van der Waals surface area contributed by atoms with Gasteiger partial charge in [-0.15, -0.1) is 5.11 Å². The van der Waals surface area contributed by atoms with Crippen LogP contribution >= 0.6 is 0 Å². The molecule has 0 aliphatic carbocycles. The first-order valence-electron chi connectivity index (χ1n) is 8.31. The number of benzene rings is 2. The molecule has 0 saturated carbocycles. The fraction of sp³-hybridized carbons (Fsp3) is 0.111. The van der Waals surface area contributed by atoms with E-state index in [2.05, 4.69) is 25.4 Å². The Kier molecular flexibility index (Phi) is 5.59. The number of carbonyl (C=O) groups excluding carboxylic acids is 1. The zero-order chi connectivity index (χ0) is 21.0. The Balaban J connectivity index is 1.76. The van der Waals surface area contributed by atoms with Crippen LogP contribution in [0.3, 0.4) is 0 Å². The van der Waals surface area contributed by atoms with Crippen molar-refractivity contribution in [1.82, 2.24) is 5.16 Å². The van der Waals surface area contributed by atoms with Crippen LogP contribution in [-0.4, -0.2) is 24.6 Å². The molecule has 2 aromatic carbocycles. The molecule has 1 aromatic heterocycles. The summed E-state index contributed by atoms with van der Waals surface area (Å²) in [5.74, 6) is 0.184. The van der Waals surface area contributed by atoms with Gasteiger partial charge in [0.05, 0.1) is 10.6 Å². The maximum atomic E-state index is 12.4. The number of phenolic OH excluding ortho intramolecular Hbond substituents is 1. The number of rotatable bonds is 6. The normalized spacial score (nSPS) is 11.5. The lowest BCUT2D eigenvalue weighted by Crippen LogP contribution is -2.12. The van der Waals surface area contributed by atoms with Crippen LogP contribution in [0.2, 0.25) is 0 Å². The Bertz CT molecular complexity index is 1170. The standard InChI is InChI=1S/C18H17N5O5S/c1-11-9-18(22-28-11)23-29(26,27)15-6-3-13(4-7-15)20-21-16-10-14(19-12(2)24)5-8-17(16)25/h3-10,25H,1-2H3,(H,19,24)(H,22,23). The van der Waals surface area contributed by atoms with Gasteiger partial charge in [-0.05, 0) is 49.4 Å². The molecule has 1 amide bonds. The van der Waals surface area contributed by atoms with E-state index >= 15 is 0 Å². The number of carbonyl (C=O) groups is 1. The summed E-state index contributed by atoms with van der Waals surface area (Å²) in [6.45, 7) is 3.01. The molecule has 0 aliphatic rings. The number of nitrogens with zero attached hydrogens (tertiary/aromatic N) is 3. The molecule has 10 nitrogen and oxygen atoms in total. The van der Waals surface area contributed by atoms with Crippen LogP contribution in [0.1, 0.15) is 12.7 Å². The fourth-order valence-electron chi connectivity index (χ4n) is 2.30. The highest BCUT2D eigenvalue weighted by molar-refractivity contribution is 7.92. The Morgan fingerprint density at radius 1 is 1.10 bits per heavy atom. The molecule has 1 heterocycles. The second kappa shape index (κ2) is 8.10. The molecule has 0 saturated heterocycles. The van der Waals surface area contributed by atoms with E-state index in [4.69, 9.17) is 4.52 Å². The van der Waals surface area contributed by atoms with E-state index < -0.39 is 10.0 Å². The predicted octanol–water partition coefficient (Wildman–Crippen LogP) is 3.86. The van der Waals surface area contributed by atoms with Gasteiger partial charge in [0.15, 0.2) is 5.82 Å². The van der Waals surface area contributed by atoms with Crippen molar-refractivity contribution in [2.45, 2.75) is 18.7 Å². The minimum atomic E-state index is -3.83. The third-order valence-electron chi connectivity index (χ3n) is 3.58. The summed E-state index contributed by atoms with van der Waals surface area (Å²) in [6, 6.07) is 11.5. The molecule has 0 aliphatic heterocycles. The number of hydrogen-bond acceptors (Lipinski definition) is 8. The predicted molar refractivity (Wildman–Crippen MR) is 105 cm³/mol. The van der Waals surface area contributed by atoms with Crippen molar-refractivity contribution in [3.63, 3.8) is 0 Å². The van der Waals surface area contributed by atoms with Crippen molar-refractivity contribution < 1.29 is 22.8 Å². The number of aromatic hydroxyl groups is 1. The molecule has 0 bridgehead atoms. The number of azo groups is 1. The van der Waals surface area contributed by atoms with Crippen molar-refractivity contribution in [2.75, 3.05) is 10.0 Å². The molecule has 0 fully saturated rings. The van der Waals surface area contributed by atoms with E-state index in [-0.39, 0.29) is 28.1 Å². The lowest BCUT2D eigenvalue weighted by molar-refractivity contribution is -0.114. The first kappa shape index (κ1) is 20.0. The maximum Gasteiger partial charge on any atom is 0.263 e. The van der Waals surface area contributed by atoms with Crippen molar-refractivity contribution in [2.24, 2.45) is 10.2 Å². The number of anilines is 2. The fourth-order valence-corrected chi connectivity index (χ4v) is 3.28. The smallest absolute Gasteiger partial charge is 0.263 e. The second-order valence-corrected chi connectivity index (χ2v) is 7.69. The molecule has 3 rings (SSSR count). The summed E-state index contributed by atoms with van der Waals surface area (Å²) < 4.78 is 31.9. The van der Waals surface area contributed by atoms with E-state index in [1.807, 2.05) is 0 Å². The third-order valence-corrected chi connectivity index (χ3v) is 4.95. The number of phenols is 1. The van der Waals surface area contributed by atoms with Gasteiger partial charge in [-0.25, -0.2) is 8.42 Å². The maximum absolute atomic E-state index is 12.4. The summed E-state index contributed by atoms with van der Waals surface area (Å²) in [7, 11) is -3.83. The summed E-state index contributed by atoms with van der Waals surface area (Å²) in [5.41, 5.74) is 0.974. The lowest BCUT2D eigenvalue weighted by atomic mass is 10.2. The summed E-state index contributed by atoms with van der Waals surface area (Å²) in [5, 5.41) is 24.0. The van der Waals surface area contributed by atoms with Crippen molar-refractivity contribution in [3.8, 4) is 5.75 Å². The van der Waals surface area contributed by atoms with E-state index in [1.165, 1.54) is 55.5 Å². The average Bonchev–Trinajstić information content (AvgIpc) is 3.06. The molecular formula is C18H17N5O5S.